The highest BCUT2D eigenvalue weighted by Gasteiger charge is 2.21. The third kappa shape index (κ3) is 6.35. The van der Waals surface area contributed by atoms with Gasteiger partial charge in [0.05, 0.1) is 18.1 Å². The van der Waals surface area contributed by atoms with Gasteiger partial charge in [-0.25, -0.2) is 4.79 Å². The number of hydrogen-bond donors (Lipinski definition) is 1. The number of esters is 2. The van der Waals surface area contributed by atoms with Crippen LogP contribution in [-0.4, -0.2) is 31.1 Å². The predicted molar refractivity (Wildman–Crippen MR) is 97.7 cm³/mol. The Morgan fingerprint density at radius 2 is 1.88 bits per heavy atom. The summed E-state index contributed by atoms with van der Waals surface area (Å²) in [5.74, 6) is -1.30. The van der Waals surface area contributed by atoms with Crippen molar-refractivity contribution in [2.75, 3.05) is 18.5 Å². The number of anilines is 1. The average Bonchev–Trinajstić information content (AvgIpc) is 2.67. The molecule has 1 amide bonds. The molecule has 0 saturated carbocycles. The van der Waals surface area contributed by atoms with Gasteiger partial charge in [-0.15, -0.1) is 0 Å². The van der Waals surface area contributed by atoms with E-state index in [1.165, 1.54) is 0 Å². The summed E-state index contributed by atoms with van der Waals surface area (Å²) in [6, 6.07) is 6.40. The van der Waals surface area contributed by atoms with E-state index in [9.17, 15) is 14.4 Å². The van der Waals surface area contributed by atoms with Crippen LogP contribution in [0.3, 0.4) is 0 Å². The second kappa shape index (κ2) is 10.4. The van der Waals surface area contributed by atoms with E-state index in [1.54, 1.807) is 24.3 Å². The molecule has 0 unspecified atom stereocenters. The van der Waals surface area contributed by atoms with Crippen molar-refractivity contribution >= 4 is 23.5 Å². The van der Waals surface area contributed by atoms with Gasteiger partial charge < -0.3 is 14.8 Å². The maximum Gasteiger partial charge on any atom is 0.338 e. The second-order valence-electron chi connectivity index (χ2n) is 6.20. The molecule has 0 fully saturated rings. The number of hydrogen-bond acceptors (Lipinski definition) is 5. The topological polar surface area (TPSA) is 81.7 Å². The lowest BCUT2D eigenvalue weighted by Gasteiger charge is -2.16. The van der Waals surface area contributed by atoms with Crippen molar-refractivity contribution in [2.45, 2.75) is 39.0 Å². The molecule has 26 heavy (non-hydrogen) atoms. The summed E-state index contributed by atoms with van der Waals surface area (Å²) in [5.41, 5.74) is 0.952. The van der Waals surface area contributed by atoms with Gasteiger partial charge in [0.1, 0.15) is 0 Å². The van der Waals surface area contributed by atoms with Crippen LogP contribution >= 0.6 is 0 Å². The zero-order valence-electron chi connectivity index (χ0n) is 15.0. The smallest absolute Gasteiger partial charge is 0.338 e. The lowest BCUT2D eigenvalue weighted by molar-refractivity contribution is -0.151. The molecule has 140 valence electrons. The number of allylic oxidation sites excluding steroid dienone is 2. The number of amides is 1. The van der Waals surface area contributed by atoms with Crippen molar-refractivity contribution in [3.63, 3.8) is 0 Å². The first kappa shape index (κ1) is 19.7. The van der Waals surface area contributed by atoms with Crippen molar-refractivity contribution in [3.05, 3.63) is 42.0 Å². The third-order valence-electron chi connectivity index (χ3n) is 4.08. The first-order valence-electron chi connectivity index (χ1n) is 8.99. The Balaban J connectivity index is 1.75. The summed E-state index contributed by atoms with van der Waals surface area (Å²) >= 11 is 0. The molecule has 6 nitrogen and oxygen atoms in total. The van der Waals surface area contributed by atoms with E-state index in [-0.39, 0.29) is 24.5 Å². The molecule has 1 N–H and O–H groups in total. The number of rotatable bonds is 8. The van der Waals surface area contributed by atoms with Crippen molar-refractivity contribution in [1.29, 1.82) is 0 Å². The quantitative estimate of drug-likeness (QED) is 0.436. The summed E-state index contributed by atoms with van der Waals surface area (Å²) in [7, 11) is 0. The summed E-state index contributed by atoms with van der Waals surface area (Å²) in [6.45, 7) is 2.10. The Hall–Kier alpha value is -2.63. The average molecular weight is 359 g/mol. The molecule has 1 aliphatic rings. The van der Waals surface area contributed by atoms with Crippen LogP contribution < -0.4 is 5.32 Å². The molecule has 6 heteroatoms. The Labute approximate surface area is 153 Å². The van der Waals surface area contributed by atoms with Crippen molar-refractivity contribution in [1.82, 2.24) is 0 Å². The van der Waals surface area contributed by atoms with Crippen LogP contribution in [0, 0.1) is 5.92 Å². The summed E-state index contributed by atoms with van der Waals surface area (Å²) < 4.78 is 10.2. The lowest BCUT2D eigenvalue weighted by Crippen LogP contribution is -2.25. The first-order chi connectivity index (χ1) is 12.6. The van der Waals surface area contributed by atoms with Crippen molar-refractivity contribution in [3.8, 4) is 0 Å². The zero-order valence-corrected chi connectivity index (χ0v) is 15.0. The number of nitrogens with one attached hydrogen (secondary N) is 1. The Morgan fingerprint density at radius 1 is 1.12 bits per heavy atom. The van der Waals surface area contributed by atoms with Gasteiger partial charge in [-0.1, -0.05) is 25.5 Å². The maximum atomic E-state index is 11.9. The minimum Gasteiger partial charge on any atom is -0.462 e. The number of carbonyl (C=O) groups excluding carboxylic acids is 3. The molecular formula is C20H25NO5. The fourth-order valence-electron chi connectivity index (χ4n) is 2.54. The van der Waals surface area contributed by atoms with Gasteiger partial charge >= 0.3 is 11.9 Å². The molecule has 0 spiro atoms. The first-order valence-corrected chi connectivity index (χ1v) is 8.99. The van der Waals surface area contributed by atoms with Crippen LogP contribution in [0.4, 0.5) is 5.69 Å². The maximum absolute atomic E-state index is 11.9. The van der Waals surface area contributed by atoms with Gasteiger partial charge in [-0.05, 0) is 49.9 Å². The Kier molecular flexibility index (Phi) is 7.86. The van der Waals surface area contributed by atoms with E-state index >= 15 is 0 Å². The van der Waals surface area contributed by atoms with Crippen molar-refractivity contribution < 1.29 is 23.9 Å². The van der Waals surface area contributed by atoms with E-state index in [0.29, 0.717) is 24.3 Å². The number of benzene rings is 1. The lowest BCUT2D eigenvalue weighted by atomic mass is 9.95. The number of unbranched alkanes of at least 4 members (excludes halogenated alkanes) is 1. The van der Waals surface area contributed by atoms with Gasteiger partial charge in [0.2, 0.25) is 0 Å². The van der Waals surface area contributed by atoms with E-state index in [0.717, 1.165) is 25.7 Å². The van der Waals surface area contributed by atoms with Gasteiger partial charge in [0.25, 0.3) is 5.91 Å². The van der Waals surface area contributed by atoms with Crippen LogP contribution in [0.25, 0.3) is 0 Å². The van der Waals surface area contributed by atoms with Crippen LogP contribution in [0.1, 0.15) is 49.4 Å². The van der Waals surface area contributed by atoms with Gasteiger partial charge in [0, 0.05) is 5.69 Å². The fraction of sp³-hybridized carbons (Fsp3) is 0.450. The SMILES string of the molecule is CCCCOC(=O)c1ccc(NC(=O)COC(=O)[C@@H]2CC=CCC2)cc1. The monoisotopic (exact) mass is 359 g/mol. The molecule has 0 aromatic heterocycles. The van der Waals surface area contributed by atoms with E-state index < -0.39 is 5.91 Å². The zero-order chi connectivity index (χ0) is 18.8. The Morgan fingerprint density at radius 3 is 2.54 bits per heavy atom. The van der Waals surface area contributed by atoms with Gasteiger partial charge in [-0.2, -0.15) is 0 Å². The minimum absolute atomic E-state index is 0.161. The second-order valence-corrected chi connectivity index (χ2v) is 6.20. The van der Waals surface area contributed by atoms with Crippen molar-refractivity contribution in [2.24, 2.45) is 5.92 Å². The molecule has 0 saturated heterocycles. The standard InChI is InChI=1S/C20H25NO5/c1-2-3-13-25-19(23)16-9-11-17(12-10-16)21-18(22)14-26-20(24)15-7-5-4-6-8-15/h4-5,9-12,15H,2-3,6-8,13-14H2,1H3,(H,21,22)/t15-/m1/s1. The summed E-state index contributed by atoms with van der Waals surface area (Å²) in [4.78, 5) is 35.6. The van der Waals surface area contributed by atoms with E-state index in [1.807, 2.05) is 19.1 Å². The largest absolute Gasteiger partial charge is 0.462 e. The summed E-state index contributed by atoms with van der Waals surface area (Å²) in [6.07, 6.45) is 8.07. The minimum atomic E-state index is -0.414. The fourth-order valence-corrected chi connectivity index (χ4v) is 2.54. The van der Waals surface area contributed by atoms with Crippen LogP contribution in [0.2, 0.25) is 0 Å². The molecule has 1 aromatic rings. The molecule has 0 bridgehead atoms. The van der Waals surface area contributed by atoms with Crippen LogP contribution in [-0.2, 0) is 19.1 Å². The van der Waals surface area contributed by atoms with Crippen LogP contribution in [0.15, 0.2) is 36.4 Å². The van der Waals surface area contributed by atoms with E-state index in [4.69, 9.17) is 9.47 Å². The number of carbonyl (C=O) groups is 3. The molecule has 0 aliphatic heterocycles. The third-order valence-corrected chi connectivity index (χ3v) is 4.08. The van der Waals surface area contributed by atoms with E-state index in [2.05, 4.69) is 5.32 Å². The Bertz CT molecular complexity index is 651. The van der Waals surface area contributed by atoms with Gasteiger partial charge in [-0.3, -0.25) is 9.59 Å². The summed E-state index contributed by atoms with van der Waals surface area (Å²) in [5, 5.41) is 2.64. The highest BCUT2D eigenvalue weighted by Crippen LogP contribution is 2.19. The highest BCUT2D eigenvalue weighted by atomic mass is 16.5. The molecule has 2 rings (SSSR count). The molecule has 1 atom stereocenters. The normalized spacial score (nSPS) is 16.0. The predicted octanol–water partition coefficient (Wildman–Crippen LogP) is 3.48. The molecule has 0 heterocycles. The molecular weight excluding hydrogens is 334 g/mol. The van der Waals surface area contributed by atoms with Gasteiger partial charge in [0.15, 0.2) is 6.61 Å². The highest BCUT2D eigenvalue weighted by molar-refractivity contribution is 5.94. The molecule has 1 aliphatic carbocycles. The molecule has 1 aromatic carbocycles. The van der Waals surface area contributed by atoms with Crippen LogP contribution in [0.5, 0.6) is 0 Å². The molecule has 0 radical (unpaired) electrons. The number of ether oxygens (including phenoxy) is 2.